The minimum Gasteiger partial charge on any atom is -0.371 e. The second kappa shape index (κ2) is 3.01. The molecule has 4 nitrogen and oxygen atoms in total. The second-order valence-electron chi connectivity index (χ2n) is 1.24. The van der Waals surface area contributed by atoms with Crippen LogP contribution < -0.4 is 5.14 Å². The first-order chi connectivity index (χ1) is 3.56. The summed E-state index contributed by atoms with van der Waals surface area (Å²) in [5, 5.41) is 4.56. The maximum Gasteiger partial charge on any atom is 0.211 e. The van der Waals surface area contributed by atoms with Gasteiger partial charge in [-0.15, -0.1) is 0 Å². The summed E-state index contributed by atoms with van der Waals surface area (Å²) in [7, 11) is 1.12. The number of nitrogens with two attached hydrogens (primary N) is 1. The van der Waals surface area contributed by atoms with E-state index in [9.17, 15) is 8.42 Å². The van der Waals surface area contributed by atoms with Crippen molar-refractivity contribution in [2.24, 2.45) is 5.14 Å². The van der Waals surface area contributed by atoms with Gasteiger partial charge in [0.1, 0.15) is 7.11 Å². The Balaban J connectivity index is 3.42. The molecule has 0 aromatic rings. The quantitative estimate of drug-likeness (QED) is 0.540. The van der Waals surface area contributed by atoms with Gasteiger partial charge < -0.3 is 4.74 Å². The highest BCUT2D eigenvalue weighted by Crippen LogP contribution is 1.76. The lowest BCUT2D eigenvalue weighted by molar-refractivity contribution is 0.263. The van der Waals surface area contributed by atoms with Crippen molar-refractivity contribution >= 4 is 10.0 Å². The van der Waals surface area contributed by atoms with E-state index in [0.717, 1.165) is 0 Å². The topological polar surface area (TPSA) is 69.4 Å². The van der Waals surface area contributed by atoms with Crippen LogP contribution >= 0.6 is 0 Å². The molecule has 0 heterocycles. The Morgan fingerprint density at radius 1 is 1.62 bits per heavy atom. The smallest absolute Gasteiger partial charge is 0.211 e. The highest BCUT2D eigenvalue weighted by molar-refractivity contribution is 7.89. The first-order valence-corrected chi connectivity index (χ1v) is 3.60. The van der Waals surface area contributed by atoms with E-state index >= 15 is 0 Å². The maximum atomic E-state index is 10.0. The van der Waals surface area contributed by atoms with Gasteiger partial charge in [-0.2, -0.15) is 0 Å². The van der Waals surface area contributed by atoms with Crippen LogP contribution in [0.2, 0.25) is 0 Å². The fourth-order valence-electron chi connectivity index (χ4n) is 0.164. The van der Waals surface area contributed by atoms with Gasteiger partial charge >= 0.3 is 0 Å². The molecular weight excluding hydrogens is 130 g/mol. The summed E-state index contributed by atoms with van der Waals surface area (Å²) in [5.74, 6) is -0.233. The summed E-state index contributed by atoms with van der Waals surface area (Å²) in [6.45, 7) is -0.0567. The molecule has 0 spiro atoms. The van der Waals surface area contributed by atoms with Crippen molar-refractivity contribution in [3.63, 3.8) is 0 Å². The molecule has 0 aliphatic heterocycles. The van der Waals surface area contributed by atoms with E-state index in [1.54, 1.807) is 0 Å². The van der Waals surface area contributed by atoms with Crippen LogP contribution in [-0.4, -0.2) is 20.8 Å². The van der Waals surface area contributed by atoms with Gasteiger partial charge in [-0.1, -0.05) is 0 Å². The van der Waals surface area contributed by atoms with E-state index in [1.165, 1.54) is 0 Å². The standard InChI is InChI=1S/C3H7NO3S/c1-7-2-3-8(4,5)6/h1H,2-3H2,(H2,4,5,6). The Morgan fingerprint density at radius 2 is 2.12 bits per heavy atom. The van der Waals surface area contributed by atoms with Crippen molar-refractivity contribution < 1.29 is 13.2 Å². The maximum absolute atomic E-state index is 10.0. The van der Waals surface area contributed by atoms with Crippen LogP contribution in [0.3, 0.4) is 0 Å². The van der Waals surface area contributed by atoms with Gasteiger partial charge in [0.15, 0.2) is 0 Å². The highest BCUT2D eigenvalue weighted by atomic mass is 32.2. The van der Waals surface area contributed by atoms with Crippen molar-refractivity contribution in [1.29, 1.82) is 0 Å². The highest BCUT2D eigenvalue weighted by Gasteiger charge is 1.98. The third kappa shape index (κ3) is 5.87. The van der Waals surface area contributed by atoms with Crippen LogP contribution in [0.15, 0.2) is 0 Å². The Hall–Kier alpha value is -0.130. The Morgan fingerprint density at radius 3 is 2.25 bits per heavy atom. The average molecular weight is 137 g/mol. The van der Waals surface area contributed by atoms with Gasteiger partial charge in [0.25, 0.3) is 0 Å². The van der Waals surface area contributed by atoms with Gasteiger partial charge in [-0.3, -0.25) is 0 Å². The molecule has 2 N–H and O–H groups in total. The fourth-order valence-corrected chi connectivity index (χ4v) is 0.493. The number of ether oxygens (including phenoxy) is 1. The summed E-state index contributed by atoms with van der Waals surface area (Å²) >= 11 is 0. The van der Waals surface area contributed by atoms with Crippen molar-refractivity contribution in [1.82, 2.24) is 0 Å². The molecule has 0 saturated heterocycles. The van der Waals surface area contributed by atoms with Crippen LogP contribution in [0, 0.1) is 7.11 Å². The van der Waals surface area contributed by atoms with E-state index in [2.05, 4.69) is 17.0 Å². The van der Waals surface area contributed by atoms with Crippen molar-refractivity contribution in [3.8, 4) is 0 Å². The molecule has 0 aromatic heterocycles. The van der Waals surface area contributed by atoms with Gasteiger partial charge in [0.2, 0.25) is 10.0 Å². The summed E-state index contributed by atoms with van der Waals surface area (Å²) in [6, 6.07) is 0. The number of hydrogen-bond acceptors (Lipinski definition) is 3. The van der Waals surface area contributed by atoms with E-state index in [4.69, 9.17) is 0 Å². The minimum absolute atomic E-state index is 0.0567. The zero-order valence-electron chi connectivity index (χ0n) is 4.20. The first-order valence-electron chi connectivity index (χ1n) is 1.88. The van der Waals surface area contributed by atoms with Crippen LogP contribution in [0.25, 0.3) is 0 Å². The predicted molar refractivity (Wildman–Crippen MR) is 28.2 cm³/mol. The molecule has 0 rings (SSSR count). The summed E-state index contributed by atoms with van der Waals surface area (Å²) in [4.78, 5) is 0. The summed E-state index contributed by atoms with van der Waals surface area (Å²) < 4.78 is 24.0. The number of sulfonamides is 1. The molecule has 5 heteroatoms. The van der Waals surface area contributed by atoms with E-state index in [-0.39, 0.29) is 12.4 Å². The molecule has 0 aliphatic carbocycles. The second-order valence-corrected chi connectivity index (χ2v) is 2.97. The summed E-state index contributed by atoms with van der Waals surface area (Å²) in [5.41, 5.74) is 0. The molecule has 0 aliphatic rings. The number of rotatable bonds is 3. The molecule has 0 aromatic carbocycles. The van der Waals surface area contributed by atoms with Crippen LogP contribution in [0.5, 0.6) is 0 Å². The van der Waals surface area contributed by atoms with Gasteiger partial charge in [-0.05, 0) is 0 Å². The molecule has 0 saturated carbocycles. The van der Waals surface area contributed by atoms with Crippen molar-refractivity contribution in [2.75, 3.05) is 12.4 Å². The first kappa shape index (κ1) is 7.87. The molecule has 2 radical (unpaired) electrons. The molecule has 0 amide bonds. The zero-order valence-corrected chi connectivity index (χ0v) is 5.02. The van der Waals surface area contributed by atoms with Gasteiger partial charge in [0, 0.05) is 0 Å². The Bertz CT molecular complexity index is 139. The lowest BCUT2D eigenvalue weighted by atomic mass is 10.9. The molecule has 0 fully saturated rings. The molecule has 48 valence electrons. The Kier molecular flexibility index (Phi) is 2.96. The van der Waals surface area contributed by atoms with Gasteiger partial charge in [-0.25, -0.2) is 13.6 Å². The monoisotopic (exact) mass is 137 g/mol. The van der Waals surface area contributed by atoms with Gasteiger partial charge in [0.05, 0.1) is 12.4 Å². The average Bonchev–Trinajstić information content (AvgIpc) is 1.59. The van der Waals surface area contributed by atoms with Crippen molar-refractivity contribution in [2.45, 2.75) is 0 Å². The van der Waals surface area contributed by atoms with Crippen molar-refractivity contribution in [3.05, 3.63) is 7.11 Å². The molecule has 8 heavy (non-hydrogen) atoms. The fraction of sp³-hybridized carbons (Fsp3) is 0.667. The minimum atomic E-state index is -3.39. The lowest BCUT2D eigenvalue weighted by Gasteiger charge is -1.92. The van der Waals surface area contributed by atoms with Crippen LogP contribution in [0.1, 0.15) is 0 Å². The van der Waals surface area contributed by atoms with Crippen LogP contribution in [0.4, 0.5) is 0 Å². The predicted octanol–water partition coefficient (Wildman–Crippen LogP) is -1.04. The SMILES string of the molecule is [CH]OCCS(N)(=O)=O. The van der Waals surface area contributed by atoms with E-state index in [1.807, 2.05) is 0 Å². The van der Waals surface area contributed by atoms with E-state index in [0.29, 0.717) is 0 Å². The summed E-state index contributed by atoms with van der Waals surface area (Å²) in [6.07, 6.45) is 0. The molecule has 0 unspecified atom stereocenters. The molecule has 0 atom stereocenters. The number of hydrogen-bond donors (Lipinski definition) is 1. The normalized spacial score (nSPS) is 11.8. The third-order valence-corrected chi connectivity index (χ3v) is 1.22. The largest absolute Gasteiger partial charge is 0.371 e. The molecular formula is C3H7NO3S. The lowest BCUT2D eigenvalue weighted by Crippen LogP contribution is -2.19. The van der Waals surface area contributed by atoms with E-state index < -0.39 is 10.0 Å². The van der Waals surface area contributed by atoms with Crippen LogP contribution in [-0.2, 0) is 14.8 Å². The third-order valence-electron chi connectivity index (χ3n) is 0.486. The number of primary sulfonamides is 1. The molecule has 0 bridgehead atoms. The zero-order chi connectivity index (χ0) is 6.62. The Labute approximate surface area is 48.7 Å².